The molecule has 2 aromatic carbocycles. The molecule has 8 heteroatoms. The Morgan fingerprint density at radius 1 is 1.17 bits per heavy atom. The van der Waals surface area contributed by atoms with Crippen LogP contribution < -0.4 is 10.6 Å². The van der Waals surface area contributed by atoms with Gasteiger partial charge in [0.05, 0.1) is 11.5 Å². The van der Waals surface area contributed by atoms with Gasteiger partial charge in [-0.2, -0.15) is 5.10 Å². The van der Waals surface area contributed by atoms with Gasteiger partial charge in [0.15, 0.2) is 0 Å². The molecule has 0 aliphatic heterocycles. The lowest BCUT2D eigenvalue weighted by molar-refractivity contribution is -0.384. The van der Waals surface area contributed by atoms with Gasteiger partial charge in [-0.05, 0) is 43.2 Å². The molecule has 0 saturated carbocycles. The minimum atomic E-state index is -0.482. The van der Waals surface area contributed by atoms with Crippen LogP contribution in [0.2, 0.25) is 0 Å². The van der Waals surface area contributed by atoms with E-state index in [1.54, 1.807) is 18.3 Å². The number of carbonyl (C=O) groups excluding carboxylic acids is 1. The lowest BCUT2D eigenvalue weighted by Gasteiger charge is -2.13. The van der Waals surface area contributed by atoms with Crippen molar-refractivity contribution in [1.82, 2.24) is 15.1 Å². The van der Waals surface area contributed by atoms with Crippen LogP contribution in [-0.4, -0.2) is 26.7 Å². The molecule has 29 heavy (non-hydrogen) atoms. The number of amides is 1. The smallest absolute Gasteiger partial charge is 0.293 e. The maximum atomic E-state index is 12.2. The first-order chi connectivity index (χ1) is 13.9. The predicted octanol–water partition coefficient (Wildman–Crippen LogP) is 3.59. The second kappa shape index (κ2) is 9.01. The van der Waals surface area contributed by atoms with Crippen molar-refractivity contribution in [3.05, 3.63) is 87.7 Å². The maximum Gasteiger partial charge on any atom is 0.293 e. The summed E-state index contributed by atoms with van der Waals surface area (Å²) in [6, 6.07) is 14.1. The molecular weight excluding hydrogens is 370 g/mol. The zero-order valence-corrected chi connectivity index (χ0v) is 16.3. The molecule has 1 aromatic heterocycles. The summed E-state index contributed by atoms with van der Waals surface area (Å²) in [4.78, 5) is 23.2. The summed E-state index contributed by atoms with van der Waals surface area (Å²) in [5, 5.41) is 21.6. The van der Waals surface area contributed by atoms with E-state index in [2.05, 4.69) is 15.7 Å². The van der Waals surface area contributed by atoms with E-state index in [0.29, 0.717) is 18.8 Å². The van der Waals surface area contributed by atoms with E-state index in [-0.39, 0.29) is 23.2 Å². The summed E-state index contributed by atoms with van der Waals surface area (Å²) in [6.45, 7) is 4.70. The van der Waals surface area contributed by atoms with E-state index in [1.165, 1.54) is 6.07 Å². The normalized spacial score (nSPS) is 10.7. The quantitative estimate of drug-likeness (QED) is 0.450. The van der Waals surface area contributed by atoms with Crippen LogP contribution in [0.1, 0.15) is 35.3 Å². The monoisotopic (exact) mass is 393 g/mol. The van der Waals surface area contributed by atoms with Crippen molar-refractivity contribution in [2.45, 2.75) is 33.0 Å². The number of nitrogens with zero attached hydrogens (tertiary/aromatic N) is 3. The Labute approximate surface area is 168 Å². The van der Waals surface area contributed by atoms with Crippen LogP contribution in [0.25, 0.3) is 0 Å². The first-order valence-corrected chi connectivity index (χ1v) is 9.31. The number of hydrogen-bond acceptors (Lipinski definition) is 5. The zero-order chi connectivity index (χ0) is 20.8. The van der Waals surface area contributed by atoms with Crippen LogP contribution in [0.4, 0.5) is 11.4 Å². The minimum Gasteiger partial charge on any atom is -0.375 e. The van der Waals surface area contributed by atoms with Crippen molar-refractivity contribution < 1.29 is 9.72 Å². The minimum absolute atomic E-state index is 0.0503. The highest BCUT2D eigenvalue weighted by Crippen LogP contribution is 2.26. The van der Waals surface area contributed by atoms with E-state index >= 15 is 0 Å². The molecule has 1 heterocycles. The Morgan fingerprint density at radius 2 is 1.93 bits per heavy atom. The van der Waals surface area contributed by atoms with Crippen molar-refractivity contribution in [2.24, 2.45) is 0 Å². The highest BCUT2D eigenvalue weighted by molar-refractivity contribution is 5.95. The van der Waals surface area contributed by atoms with Gasteiger partial charge in [-0.25, -0.2) is 0 Å². The molecule has 0 fully saturated rings. The molecule has 0 unspecified atom stereocenters. The third-order valence-electron chi connectivity index (χ3n) is 4.36. The molecule has 8 nitrogen and oxygen atoms in total. The Kier molecular flexibility index (Phi) is 6.23. The molecule has 0 saturated heterocycles. The van der Waals surface area contributed by atoms with Gasteiger partial charge in [-0.3, -0.25) is 19.6 Å². The lowest BCUT2D eigenvalue weighted by Crippen LogP contribution is -2.30. The molecular formula is C21H23N5O3. The second-order valence-corrected chi connectivity index (χ2v) is 6.94. The molecule has 150 valence electrons. The average molecular weight is 393 g/mol. The fourth-order valence-corrected chi connectivity index (χ4v) is 2.96. The first kappa shape index (κ1) is 20.1. The third-order valence-corrected chi connectivity index (χ3v) is 4.36. The van der Waals surface area contributed by atoms with Gasteiger partial charge in [0.1, 0.15) is 5.69 Å². The topological polar surface area (TPSA) is 102 Å². The van der Waals surface area contributed by atoms with E-state index in [9.17, 15) is 14.9 Å². The summed E-state index contributed by atoms with van der Waals surface area (Å²) >= 11 is 0. The summed E-state index contributed by atoms with van der Waals surface area (Å²) in [5.74, 6) is -0.334. The molecule has 0 radical (unpaired) electrons. The van der Waals surface area contributed by atoms with Gasteiger partial charge in [0.2, 0.25) is 0 Å². The molecule has 0 atom stereocenters. The van der Waals surface area contributed by atoms with Gasteiger partial charge >= 0.3 is 0 Å². The molecule has 0 spiro atoms. The SMILES string of the molecule is CC(C)NC(=O)c1ccc(NCc2ccccc2Cn2cccn2)c([N+](=O)[O-])c1. The molecule has 3 aromatic rings. The molecule has 1 amide bonds. The van der Waals surface area contributed by atoms with Crippen molar-refractivity contribution in [1.29, 1.82) is 0 Å². The fraction of sp³-hybridized carbons (Fsp3) is 0.238. The lowest BCUT2D eigenvalue weighted by atomic mass is 10.1. The number of aromatic nitrogens is 2. The van der Waals surface area contributed by atoms with Gasteiger partial charge in [-0.15, -0.1) is 0 Å². The Balaban J connectivity index is 1.79. The number of nitro groups is 1. The summed E-state index contributed by atoms with van der Waals surface area (Å²) < 4.78 is 1.82. The highest BCUT2D eigenvalue weighted by Gasteiger charge is 2.18. The number of rotatable bonds is 8. The van der Waals surface area contributed by atoms with E-state index in [1.807, 2.05) is 55.1 Å². The Bertz CT molecular complexity index is 999. The van der Waals surface area contributed by atoms with Gasteiger partial charge in [-0.1, -0.05) is 24.3 Å². The number of benzene rings is 2. The summed E-state index contributed by atoms with van der Waals surface area (Å²) in [6.07, 6.45) is 3.61. The Hall–Kier alpha value is -3.68. The number of nitrogens with one attached hydrogen (secondary N) is 2. The highest BCUT2D eigenvalue weighted by atomic mass is 16.6. The van der Waals surface area contributed by atoms with Crippen LogP contribution in [-0.2, 0) is 13.1 Å². The Morgan fingerprint density at radius 3 is 2.59 bits per heavy atom. The number of hydrogen-bond donors (Lipinski definition) is 2. The zero-order valence-electron chi connectivity index (χ0n) is 16.3. The van der Waals surface area contributed by atoms with Gasteiger partial charge < -0.3 is 10.6 Å². The van der Waals surface area contributed by atoms with Gasteiger partial charge in [0.25, 0.3) is 11.6 Å². The van der Waals surface area contributed by atoms with Crippen molar-refractivity contribution in [3.63, 3.8) is 0 Å². The maximum absolute atomic E-state index is 12.2. The summed E-state index contributed by atoms with van der Waals surface area (Å²) in [7, 11) is 0. The molecule has 2 N–H and O–H groups in total. The van der Waals surface area contributed by atoms with Crippen molar-refractivity contribution >= 4 is 17.3 Å². The number of anilines is 1. The average Bonchev–Trinajstić information content (AvgIpc) is 3.19. The first-order valence-electron chi connectivity index (χ1n) is 9.31. The fourth-order valence-electron chi connectivity index (χ4n) is 2.96. The largest absolute Gasteiger partial charge is 0.375 e. The number of carbonyl (C=O) groups is 1. The third kappa shape index (κ3) is 5.19. The van der Waals surface area contributed by atoms with Crippen molar-refractivity contribution in [2.75, 3.05) is 5.32 Å². The van der Waals surface area contributed by atoms with E-state index < -0.39 is 4.92 Å². The van der Waals surface area contributed by atoms with E-state index in [4.69, 9.17) is 0 Å². The van der Waals surface area contributed by atoms with Gasteiger partial charge in [0, 0.05) is 36.6 Å². The number of nitro benzene ring substituents is 1. The molecule has 0 aliphatic rings. The van der Waals surface area contributed by atoms with Crippen LogP contribution in [0, 0.1) is 10.1 Å². The van der Waals surface area contributed by atoms with Crippen LogP contribution >= 0.6 is 0 Å². The molecule has 0 aliphatic carbocycles. The predicted molar refractivity (Wildman–Crippen MR) is 111 cm³/mol. The van der Waals surface area contributed by atoms with E-state index in [0.717, 1.165) is 11.1 Å². The standard InChI is InChI=1S/C21H23N5O3/c1-15(2)24-21(27)16-8-9-19(20(12-16)26(28)29)22-13-17-6-3-4-7-18(17)14-25-11-5-10-23-25/h3-12,15,22H,13-14H2,1-2H3,(H,24,27). The second-order valence-electron chi connectivity index (χ2n) is 6.94. The van der Waals surface area contributed by atoms with Crippen molar-refractivity contribution in [3.8, 4) is 0 Å². The molecule has 3 rings (SSSR count). The van der Waals surface area contributed by atoms with Crippen LogP contribution in [0.5, 0.6) is 0 Å². The van der Waals surface area contributed by atoms with Crippen LogP contribution in [0.3, 0.4) is 0 Å². The molecule has 0 bridgehead atoms. The summed E-state index contributed by atoms with van der Waals surface area (Å²) in [5.41, 5.74) is 2.57. The van der Waals surface area contributed by atoms with Crippen LogP contribution in [0.15, 0.2) is 60.9 Å².